The summed E-state index contributed by atoms with van der Waals surface area (Å²) < 4.78 is 54.3. The van der Waals surface area contributed by atoms with Crippen LogP contribution in [0.15, 0.2) is 62.1 Å². The second-order valence-corrected chi connectivity index (χ2v) is 16.4. The van der Waals surface area contributed by atoms with Crippen LogP contribution in [0.5, 0.6) is 11.5 Å². The molecule has 9 nitrogen and oxygen atoms in total. The Balaban J connectivity index is 2.46. The first-order valence-corrected chi connectivity index (χ1v) is 17.5. The molecular formula is C26H42N3O6P3. The van der Waals surface area contributed by atoms with E-state index >= 15 is 0 Å². The van der Waals surface area contributed by atoms with E-state index in [1.54, 1.807) is 0 Å². The third-order valence-corrected chi connectivity index (χ3v) is 13.8. The van der Waals surface area contributed by atoms with Crippen molar-refractivity contribution in [2.24, 2.45) is 13.5 Å². The van der Waals surface area contributed by atoms with Gasteiger partial charge in [-0.15, -0.1) is 13.5 Å². The minimum Gasteiger partial charge on any atom is -0.413 e. The van der Waals surface area contributed by atoms with Crippen molar-refractivity contribution in [3.63, 3.8) is 0 Å². The molecule has 1 aliphatic heterocycles. The van der Waals surface area contributed by atoms with E-state index in [9.17, 15) is 0 Å². The normalized spacial score (nSPS) is 17.7. The molecule has 0 saturated carbocycles. The molecule has 0 saturated heterocycles. The third kappa shape index (κ3) is 8.29. The van der Waals surface area contributed by atoms with Crippen LogP contribution in [0.2, 0.25) is 0 Å². The van der Waals surface area contributed by atoms with Crippen molar-refractivity contribution in [2.75, 3.05) is 0 Å². The van der Waals surface area contributed by atoms with Crippen LogP contribution in [-0.4, -0.2) is 24.4 Å². The van der Waals surface area contributed by atoms with E-state index < -0.39 is 23.0 Å². The summed E-state index contributed by atoms with van der Waals surface area (Å²) >= 11 is 0. The third-order valence-electron chi connectivity index (χ3n) is 4.69. The number of para-hydroxylation sites is 2. The molecule has 38 heavy (non-hydrogen) atoms. The molecular weight excluding hydrogens is 543 g/mol. The van der Waals surface area contributed by atoms with Gasteiger partial charge in [-0.25, -0.2) is 0 Å². The molecule has 12 heteroatoms. The summed E-state index contributed by atoms with van der Waals surface area (Å²) in [5.74, 6) is 1.17. The van der Waals surface area contributed by atoms with Gasteiger partial charge in [0.15, 0.2) is 0 Å². The molecule has 0 bridgehead atoms. The zero-order chi connectivity index (χ0) is 28.1. The zero-order valence-corrected chi connectivity index (χ0v) is 26.7. The first-order valence-electron chi connectivity index (χ1n) is 12.9. The molecule has 1 aliphatic rings. The summed E-state index contributed by atoms with van der Waals surface area (Å²) in [7, 11) is -10.4. The lowest BCUT2D eigenvalue weighted by Crippen LogP contribution is -2.14. The lowest BCUT2D eigenvalue weighted by Gasteiger charge is -2.35. The average molecular weight is 586 g/mol. The van der Waals surface area contributed by atoms with Crippen molar-refractivity contribution in [3.8, 4) is 11.5 Å². The maximum absolute atomic E-state index is 6.70. The van der Waals surface area contributed by atoms with Gasteiger partial charge in [0.2, 0.25) is 0 Å². The number of benzene rings is 2. The fourth-order valence-corrected chi connectivity index (χ4v) is 13.5. The van der Waals surface area contributed by atoms with Gasteiger partial charge in [0.25, 0.3) is 0 Å². The number of nitrogens with zero attached hydrogens (tertiary/aromatic N) is 3. The van der Waals surface area contributed by atoms with Gasteiger partial charge in [-0.2, -0.15) is 0 Å². The minimum atomic E-state index is -3.60. The molecule has 0 atom stereocenters. The molecule has 1 heterocycles. The number of hydrogen-bond donors (Lipinski definition) is 0. The predicted octanol–water partition coefficient (Wildman–Crippen LogP) is 10.3. The van der Waals surface area contributed by atoms with Gasteiger partial charge in [-0.05, 0) is 92.5 Å². The van der Waals surface area contributed by atoms with Crippen LogP contribution in [0.25, 0.3) is 0 Å². The maximum atomic E-state index is 6.70. The molecule has 0 radical (unpaired) electrons. The molecule has 212 valence electrons. The largest absolute Gasteiger partial charge is 0.457 e. The highest BCUT2D eigenvalue weighted by atomic mass is 31.3. The summed E-state index contributed by atoms with van der Waals surface area (Å²) in [6.07, 6.45) is -1.03. The molecule has 2 aromatic rings. The molecule has 0 spiro atoms. The lowest BCUT2D eigenvalue weighted by atomic mass is 10.2. The molecule has 0 unspecified atom stereocenters. The SMILES string of the molecule is Cc1ccccc1OP1(Oc2ccccc2C)=NP(OC(C)C)(OC(C)C)=NP(OC(C)C)(OC(C)C)=N1. The van der Waals surface area contributed by atoms with Crippen molar-refractivity contribution in [3.05, 3.63) is 59.7 Å². The van der Waals surface area contributed by atoms with Crippen LogP contribution in [0.3, 0.4) is 0 Å². The Hall–Kier alpha value is -1.43. The summed E-state index contributed by atoms with van der Waals surface area (Å²) in [5, 5.41) is 0. The number of hydrogen-bond acceptors (Lipinski definition) is 9. The monoisotopic (exact) mass is 585 g/mol. The fourth-order valence-electron chi connectivity index (χ4n) is 3.46. The van der Waals surface area contributed by atoms with Crippen molar-refractivity contribution >= 4 is 23.0 Å². The van der Waals surface area contributed by atoms with E-state index in [1.807, 2.05) is 118 Å². The lowest BCUT2D eigenvalue weighted by molar-refractivity contribution is 0.159. The van der Waals surface area contributed by atoms with Crippen LogP contribution < -0.4 is 9.05 Å². The van der Waals surface area contributed by atoms with Crippen LogP contribution in [-0.2, 0) is 18.1 Å². The van der Waals surface area contributed by atoms with E-state index in [4.69, 9.17) is 40.7 Å². The Morgan fingerprint density at radius 3 is 1.08 bits per heavy atom. The Morgan fingerprint density at radius 2 is 0.763 bits per heavy atom. The Morgan fingerprint density at radius 1 is 0.474 bits per heavy atom. The van der Waals surface area contributed by atoms with Gasteiger partial charge < -0.3 is 27.1 Å². The topological polar surface area (TPSA) is 92.5 Å². The van der Waals surface area contributed by atoms with E-state index in [1.165, 1.54) is 0 Å². The summed E-state index contributed by atoms with van der Waals surface area (Å²) in [6, 6.07) is 15.4. The van der Waals surface area contributed by atoms with Gasteiger partial charge in [0.1, 0.15) is 11.5 Å². The van der Waals surface area contributed by atoms with Gasteiger partial charge in [0.05, 0.1) is 24.4 Å². The van der Waals surface area contributed by atoms with E-state index in [-0.39, 0.29) is 24.4 Å². The Labute approximate surface area is 228 Å². The first kappa shape index (κ1) is 31.1. The highest BCUT2D eigenvalue weighted by Gasteiger charge is 2.46. The molecule has 0 fully saturated rings. The van der Waals surface area contributed by atoms with Gasteiger partial charge in [0, 0.05) is 0 Å². The van der Waals surface area contributed by atoms with Crippen molar-refractivity contribution in [2.45, 2.75) is 93.7 Å². The quantitative estimate of drug-likeness (QED) is 0.230. The highest BCUT2D eigenvalue weighted by molar-refractivity contribution is 7.78. The van der Waals surface area contributed by atoms with Crippen molar-refractivity contribution in [1.29, 1.82) is 0 Å². The minimum absolute atomic E-state index is 0.258. The predicted molar refractivity (Wildman–Crippen MR) is 157 cm³/mol. The maximum Gasteiger partial charge on any atom is 0.457 e. The molecule has 0 aliphatic carbocycles. The zero-order valence-electron chi connectivity index (χ0n) is 24.1. The van der Waals surface area contributed by atoms with Crippen molar-refractivity contribution in [1.82, 2.24) is 0 Å². The standard InChI is InChI=1S/C26H42N3O6P3/c1-19(2)30-36(31-20(3)4)27-37(32-21(5)6,33-22(7)8)29-38(28-36,34-25-17-13-11-15-23(25)9)35-26-18-14-12-16-24(26)10/h11-22H,1-10H3. The first-order chi connectivity index (χ1) is 17.8. The number of aryl methyl sites for hydroxylation is 2. The molecule has 2 aromatic carbocycles. The van der Waals surface area contributed by atoms with Crippen LogP contribution >= 0.6 is 23.0 Å². The fraction of sp³-hybridized carbons (Fsp3) is 0.538. The summed E-state index contributed by atoms with van der Waals surface area (Å²) in [5.41, 5.74) is 1.82. The second kappa shape index (κ2) is 12.8. The summed E-state index contributed by atoms with van der Waals surface area (Å²) in [6.45, 7) is 19.3. The van der Waals surface area contributed by atoms with Crippen LogP contribution in [0, 0.1) is 13.8 Å². The average Bonchev–Trinajstić information content (AvgIpc) is 2.74. The molecule has 0 aromatic heterocycles. The van der Waals surface area contributed by atoms with E-state index in [0.717, 1.165) is 11.1 Å². The second-order valence-electron chi connectivity index (χ2n) is 10.1. The Kier molecular flexibility index (Phi) is 10.5. The van der Waals surface area contributed by atoms with Crippen LogP contribution in [0.4, 0.5) is 0 Å². The molecule has 0 amide bonds. The van der Waals surface area contributed by atoms with Gasteiger partial charge in [-0.3, -0.25) is 0 Å². The Bertz CT molecular complexity index is 1170. The van der Waals surface area contributed by atoms with E-state index in [2.05, 4.69) is 0 Å². The van der Waals surface area contributed by atoms with Gasteiger partial charge >= 0.3 is 23.0 Å². The van der Waals surface area contributed by atoms with Gasteiger partial charge in [-0.1, -0.05) is 36.4 Å². The van der Waals surface area contributed by atoms with E-state index in [0.29, 0.717) is 11.5 Å². The molecule has 0 N–H and O–H groups in total. The highest BCUT2D eigenvalue weighted by Crippen LogP contribution is 2.80. The molecule has 3 rings (SSSR count). The summed E-state index contributed by atoms with van der Waals surface area (Å²) in [4.78, 5) is 0. The number of rotatable bonds is 12. The van der Waals surface area contributed by atoms with Crippen molar-refractivity contribution < 1.29 is 27.1 Å². The smallest absolute Gasteiger partial charge is 0.413 e. The van der Waals surface area contributed by atoms with Crippen LogP contribution in [0.1, 0.15) is 66.5 Å².